The van der Waals surface area contributed by atoms with Crippen LogP contribution < -0.4 is 5.73 Å². The average Bonchev–Trinajstić information content (AvgIpc) is 2.97. The molecular weight excluding hydrogens is 260 g/mol. The van der Waals surface area contributed by atoms with Crippen LogP contribution in [0.3, 0.4) is 0 Å². The van der Waals surface area contributed by atoms with Crippen LogP contribution in [0.5, 0.6) is 0 Å². The number of pyridine rings is 1. The summed E-state index contributed by atoms with van der Waals surface area (Å²) in [5, 5.41) is 0. The maximum atomic E-state index is 12.8. The first-order valence-electron chi connectivity index (χ1n) is 7.46. The minimum Gasteiger partial charge on any atom is -0.323 e. The Hall–Kier alpha value is -2.00. The van der Waals surface area contributed by atoms with Crippen molar-refractivity contribution in [1.82, 2.24) is 4.98 Å². The second-order valence-corrected chi connectivity index (χ2v) is 5.77. The fourth-order valence-electron chi connectivity index (χ4n) is 3.15. The zero-order valence-corrected chi connectivity index (χ0v) is 12.2. The highest BCUT2D eigenvalue weighted by Crippen LogP contribution is 2.35. The van der Waals surface area contributed by atoms with Crippen LogP contribution in [0.25, 0.3) is 0 Å². The molecule has 0 bridgehead atoms. The van der Waals surface area contributed by atoms with Gasteiger partial charge >= 0.3 is 0 Å². The highest BCUT2D eigenvalue weighted by atomic mass is 16.1. The molecule has 3 nitrogen and oxygen atoms in total. The predicted octanol–water partition coefficient (Wildman–Crippen LogP) is 3.02. The van der Waals surface area contributed by atoms with Crippen LogP contribution in [-0.2, 0) is 11.2 Å². The van der Waals surface area contributed by atoms with Gasteiger partial charge in [0.05, 0.1) is 11.6 Å². The maximum absolute atomic E-state index is 12.8. The van der Waals surface area contributed by atoms with Gasteiger partial charge in [-0.2, -0.15) is 0 Å². The molecule has 3 unspecified atom stereocenters. The standard InChI is InChI=1S/C18H20N2O/c1-12(16(19)13-6-3-2-4-7-13)18(21)15-10-9-14-8-5-11-20-17(14)15/h2-8,11-12,15-16H,9-10,19H2,1H3. The van der Waals surface area contributed by atoms with Gasteiger partial charge in [0.25, 0.3) is 0 Å². The lowest BCUT2D eigenvalue weighted by molar-refractivity contribution is -0.124. The largest absolute Gasteiger partial charge is 0.323 e. The van der Waals surface area contributed by atoms with Gasteiger partial charge in [-0.3, -0.25) is 9.78 Å². The van der Waals surface area contributed by atoms with Crippen LogP contribution in [0.15, 0.2) is 48.7 Å². The van der Waals surface area contributed by atoms with Crippen molar-refractivity contribution in [2.24, 2.45) is 11.7 Å². The molecule has 3 atom stereocenters. The molecule has 1 heterocycles. The Bertz CT molecular complexity index is 639. The third-order valence-corrected chi connectivity index (χ3v) is 4.47. The van der Waals surface area contributed by atoms with E-state index in [0.717, 1.165) is 24.1 Å². The number of rotatable bonds is 4. The van der Waals surface area contributed by atoms with Crippen LogP contribution >= 0.6 is 0 Å². The molecule has 1 aliphatic carbocycles. The fraction of sp³-hybridized carbons (Fsp3) is 0.333. The van der Waals surface area contributed by atoms with Crippen LogP contribution in [0.1, 0.15) is 42.1 Å². The summed E-state index contributed by atoms with van der Waals surface area (Å²) in [5.74, 6) is -0.0832. The van der Waals surface area contributed by atoms with Gasteiger partial charge in [-0.05, 0) is 30.0 Å². The number of hydrogen-bond donors (Lipinski definition) is 1. The molecule has 3 heteroatoms. The van der Waals surface area contributed by atoms with Gasteiger partial charge in [0.1, 0.15) is 5.78 Å². The van der Waals surface area contributed by atoms with E-state index in [9.17, 15) is 4.79 Å². The molecule has 3 rings (SSSR count). The smallest absolute Gasteiger partial charge is 0.146 e. The number of aryl methyl sites for hydroxylation is 1. The van der Waals surface area contributed by atoms with Gasteiger partial charge in [-0.1, -0.05) is 43.3 Å². The highest BCUT2D eigenvalue weighted by molar-refractivity contribution is 5.88. The number of aromatic nitrogens is 1. The van der Waals surface area contributed by atoms with Gasteiger partial charge in [0.2, 0.25) is 0 Å². The van der Waals surface area contributed by atoms with Crippen molar-refractivity contribution < 1.29 is 4.79 Å². The van der Waals surface area contributed by atoms with E-state index in [1.165, 1.54) is 5.56 Å². The average molecular weight is 280 g/mol. The molecule has 1 aliphatic rings. The van der Waals surface area contributed by atoms with Crippen molar-refractivity contribution in [2.45, 2.75) is 31.7 Å². The van der Waals surface area contributed by atoms with E-state index in [2.05, 4.69) is 11.1 Å². The van der Waals surface area contributed by atoms with E-state index in [4.69, 9.17) is 5.73 Å². The van der Waals surface area contributed by atoms with Gasteiger partial charge in [0, 0.05) is 18.2 Å². The normalized spacial score (nSPS) is 19.8. The maximum Gasteiger partial charge on any atom is 0.146 e. The fourth-order valence-corrected chi connectivity index (χ4v) is 3.15. The number of ketones is 1. The lowest BCUT2D eigenvalue weighted by Crippen LogP contribution is -2.29. The molecule has 1 aromatic carbocycles. The van der Waals surface area contributed by atoms with E-state index in [-0.39, 0.29) is 23.7 Å². The molecule has 1 aromatic heterocycles. The molecule has 0 fully saturated rings. The van der Waals surface area contributed by atoms with E-state index < -0.39 is 0 Å². The van der Waals surface area contributed by atoms with E-state index in [1.54, 1.807) is 6.20 Å². The summed E-state index contributed by atoms with van der Waals surface area (Å²) >= 11 is 0. The minimum atomic E-state index is -0.258. The Morgan fingerprint density at radius 2 is 2.00 bits per heavy atom. The van der Waals surface area contributed by atoms with E-state index in [1.807, 2.05) is 43.3 Å². The topological polar surface area (TPSA) is 56.0 Å². The molecule has 2 N–H and O–H groups in total. The van der Waals surface area contributed by atoms with Crippen molar-refractivity contribution in [1.29, 1.82) is 0 Å². The summed E-state index contributed by atoms with van der Waals surface area (Å²) in [6.07, 6.45) is 3.57. The van der Waals surface area contributed by atoms with Gasteiger partial charge < -0.3 is 5.73 Å². The van der Waals surface area contributed by atoms with Crippen molar-refractivity contribution in [3.05, 3.63) is 65.5 Å². The summed E-state index contributed by atoms with van der Waals surface area (Å²) in [4.78, 5) is 17.2. The van der Waals surface area contributed by atoms with Gasteiger partial charge in [-0.25, -0.2) is 0 Å². The van der Waals surface area contributed by atoms with Gasteiger partial charge in [-0.15, -0.1) is 0 Å². The molecule has 2 aromatic rings. The Morgan fingerprint density at radius 3 is 2.76 bits per heavy atom. The number of nitrogens with zero attached hydrogens (tertiary/aromatic N) is 1. The number of fused-ring (bicyclic) bond motifs is 1. The second kappa shape index (κ2) is 5.78. The lowest BCUT2D eigenvalue weighted by atomic mass is 9.85. The molecule has 21 heavy (non-hydrogen) atoms. The number of hydrogen-bond acceptors (Lipinski definition) is 3. The summed E-state index contributed by atoms with van der Waals surface area (Å²) in [6, 6.07) is 13.6. The molecule has 0 spiro atoms. The lowest BCUT2D eigenvalue weighted by Gasteiger charge is -2.22. The number of nitrogens with two attached hydrogens (primary N) is 1. The first kappa shape index (κ1) is 14.0. The van der Waals surface area contributed by atoms with E-state index >= 15 is 0 Å². The van der Waals surface area contributed by atoms with Crippen molar-refractivity contribution in [2.75, 3.05) is 0 Å². The van der Waals surface area contributed by atoms with E-state index in [0.29, 0.717) is 0 Å². The second-order valence-electron chi connectivity index (χ2n) is 5.77. The first-order valence-corrected chi connectivity index (χ1v) is 7.46. The van der Waals surface area contributed by atoms with Gasteiger partial charge in [0.15, 0.2) is 0 Å². The van der Waals surface area contributed by atoms with Crippen LogP contribution in [-0.4, -0.2) is 10.8 Å². The minimum absolute atomic E-state index is 0.0917. The number of carbonyl (C=O) groups excluding carboxylic acids is 1. The van der Waals surface area contributed by atoms with Crippen molar-refractivity contribution >= 4 is 5.78 Å². The quantitative estimate of drug-likeness (QED) is 0.936. The summed E-state index contributed by atoms with van der Waals surface area (Å²) in [7, 11) is 0. The molecule has 0 saturated heterocycles. The Labute approximate surface area is 125 Å². The molecule has 108 valence electrons. The number of benzene rings is 1. The molecule has 0 aliphatic heterocycles. The first-order chi connectivity index (χ1) is 10.2. The Kier molecular flexibility index (Phi) is 3.84. The highest BCUT2D eigenvalue weighted by Gasteiger charge is 2.34. The predicted molar refractivity (Wildman–Crippen MR) is 82.8 cm³/mol. The SMILES string of the molecule is CC(C(=O)C1CCc2cccnc21)C(N)c1ccccc1. The summed E-state index contributed by atoms with van der Waals surface area (Å²) < 4.78 is 0. The third-order valence-electron chi connectivity index (χ3n) is 4.47. The van der Waals surface area contributed by atoms with Crippen LogP contribution in [0.4, 0.5) is 0 Å². The third kappa shape index (κ3) is 2.61. The van der Waals surface area contributed by atoms with Crippen molar-refractivity contribution in [3.8, 4) is 0 Å². The monoisotopic (exact) mass is 280 g/mol. The molecule has 0 radical (unpaired) electrons. The number of carbonyl (C=O) groups is 1. The molecule has 0 amide bonds. The summed E-state index contributed by atoms with van der Waals surface area (Å²) in [5.41, 5.74) is 9.46. The zero-order chi connectivity index (χ0) is 14.8. The zero-order valence-electron chi connectivity index (χ0n) is 12.2. The van der Waals surface area contributed by atoms with Crippen LogP contribution in [0, 0.1) is 5.92 Å². The number of Topliss-reactive ketones (excluding diaryl/α,β-unsaturated/α-hetero) is 1. The molecular formula is C18H20N2O. The Morgan fingerprint density at radius 1 is 1.24 bits per heavy atom. The Balaban J connectivity index is 1.80. The summed E-state index contributed by atoms with van der Waals surface area (Å²) in [6.45, 7) is 1.93. The van der Waals surface area contributed by atoms with Crippen LogP contribution in [0.2, 0.25) is 0 Å². The molecule has 0 saturated carbocycles. The van der Waals surface area contributed by atoms with Crippen molar-refractivity contribution in [3.63, 3.8) is 0 Å².